The molecule has 1 aromatic carbocycles. The zero-order valence-corrected chi connectivity index (χ0v) is 17.7. The summed E-state index contributed by atoms with van der Waals surface area (Å²) in [6.07, 6.45) is -1.49. The van der Waals surface area contributed by atoms with Crippen LogP contribution < -0.4 is 4.74 Å². The summed E-state index contributed by atoms with van der Waals surface area (Å²) in [5.74, 6) is -0.772. The normalized spacial score (nSPS) is 20.5. The van der Waals surface area contributed by atoms with E-state index in [2.05, 4.69) is 10.1 Å². The van der Waals surface area contributed by atoms with Crippen molar-refractivity contribution in [3.8, 4) is 5.75 Å². The molecule has 4 heterocycles. The lowest BCUT2D eigenvalue weighted by Crippen LogP contribution is -2.32. The summed E-state index contributed by atoms with van der Waals surface area (Å²) < 4.78 is 26.5. The number of hydrogen-bond donors (Lipinski definition) is 1. The Bertz CT molecular complexity index is 1210. The number of aliphatic hydroxyl groups excluding tert-OH is 1. The molecule has 0 spiro atoms. The first kappa shape index (κ1) is 20.2. The van der Waals surface area contributed by atoms with E-state index in [1.807, 2.05) is 13.8 Å². The average molecular weight is 447 g/mol. The maximum atomic E-state index is 13.9. The van der Waals surface area contributed by atoms with E-state index in [9.17, 15) is 14.3 Å². The van der Waals surface area contributed by atoms with E-state index >= 15 is 0 Å². The highest BCUT2D eigenvalue weighted by Gasteiger charge is 2.33. The second-order valence-corrected chi connectivity index (χ2v) is 8.20. The molecule has 1 fully saturated rings. The zero-order valence-electron chi connectivity index (χ0n) is 16.9. The summed E-state index contributed by atoms with van der Waals surface area (Å²) in [7, 11) is 0. The Morgan fingerprint density at radius 3 is 2.87 bits per heavy atom. The van der Waals surface area contributed by atoms with Crippen LogP contribution in [0.4, 0.5) is 4.39 Å². The first-order valence-corrected chi connectivity index (χ1v) is 10.3. The van der Waals surface area contributed by atoms with Crippen LogP contribution in [0.15, 0.2) is 18.2 Å². The first-order chi connectivity index (χ1) is 14.8. The minimum Gasteiger partial charge on any atom is -0.484 e. The number of nitrogens with zero attached hydrogens (tertiary/aromatic N) is 4. The molecule has 1 amide bonds. The second-order valence-electron chi connectivity index (χ2n) is 7.82. The topological polar surface area (TPSA) is 89.2 Å². The molecule has 3 aromatic rings. The van der Waals surface area contributed by atoms with Crippen LogP contribution >= 0.6 is 11.6 Å². The van der Waals surface area contributed by atoms with E-state index in [1.54, 1.807) is 9.42 Å². The second kappa shape index (κ2) is 7.44. The third-order valence-corrected chi connectivity index (χ3v) is 6.24. The van der Waals surface area contributed by atoms with Gasteiger partial charge in [0.15, 0.2) is 5.65 Å². The van der Waals surface area contributed by atoms with Crippen molar-refractivity contribution in [1.29, 1.82) is 0 Å². The predicted octanol–water partition coefficient (Wildman–Crippen LogP) is 2.43. The van der Waals surface area contributed by atoms with Crippen LogP contribution in [0.5, 0.6) is 5.75 Å². The van der Waals surface area contributed by atoms with Gasteiger partial charge in [0.2, 0.25) is 0 Å². The van der Waals surface area contributed by atoms with Crippen molar-refractivity contribution in [3.63, 3.8) is 0 Å². The highest BCUT2D eigenvalue weighted by Crippen LogP contribution is 2.32. The van der Waals surface area contributed by atoms with Gasteiger partial charge >= 0.3 is 0 Å². The largest absolute Gasteiger partial charge is 0.484 e. The summed E-state index contributed by atoms with van der Waals surface area (Å²) >= 11 is 6.29. The van der Waals surface area contributed by atoms with Gasteiger partial charge in [0.25, 0.3) is 5.91 Å². The van der Waals surface area contributed by atoms with Crippen LogP contribution in [-0.2, 0) is 17.8 Å². The molecule has 2 atom stereocenters. The summed E-state index contributed by atoms with van der Waals surface area (Å²) in [6, 6.07) is 3.76. The van der Waals surface area contributed by atoms with E-state index < -0.39 is 18.0 Å². The molecule has 1 unspecified atom stereocenters. The molecule has 0 aliphatic carbocycles. The Morgan fingerprint density at radius 1 is 1.32 bits per heavy atom. The number of carbonyl (C=O) groups excluding carboxylic acids is 1. The number of benzene rings is 1. The number of hydrogen-bond acceptors (Lipinski definition) is 6. The molecule has 0 radical (unpaired) electrons. The van der Waals surface area contributed by atoms with Crippen LogP contribution in [0.3, 0.4) is 0 Å². The van der Waals surface area contributed by atoms with E-state index in [-0.39, 0.29) is 30.4 Å². The summed E-state index contributed by atoms with van der Waals surface area (Å²) in [5.41, 5.74) is 3.99. The van der Waals surface area contributed by atoms with Crippen LogP contribution in [0.25, 0.3) is 5.65 Å². The number of amides is 1. The minimum atomic E-state index is -0.833. The number of carbonyl (C=O) groups is 1. The van der Waals surface area contributed by atoms with Gasteiger partial charge in [-0.15, -0.1) is 0 Å². The van der Waals surface area contributed by atoms with Gasteiger partial charge in [-0.1, -0.05) is 11.6 Å². The standard InChI is InChI=1S/C21H20ClFN4O4/c1-10-19(22)11(2)27-20(24-10)14-6-26(7-15(14)25-27)21(29)13-4-3-12(23)5-17(13)31-18-9-30-8-16(18)28/h3-5,16,18,28H,6-9H2,1-2H3/t16-,18?/m0/s1. The number of aromatic nitrogens is 3. The number of ether oxygens (including phenoxy) is 2. The first-order valence-electron chi connectivity index (χ1n) is 9.88. The Morgan fingerprint density at radius 2 is 2.13 bits per heavy atom. The smallest absolute Gasteiger partial charge is 0.258 e. The SMILES string of the molecule is Cc1nc2c3c(nn2c(C)c1Cl)CN(C(=O)c1ccc(F)cc1OC1COC[C@@H]1O)C3. The summed E-state index contributed by atoms with van der Waals surface area (Å²) in [6.45, 7) is 4.62. The molecular weight excluding hydrogens is 427 g/mol. The quantitative estimate of drug-likeness (QED) is 0.664. The van der Waals surface area contributed by atoms with Gasteiger partial charge in [-0.2, -0.15) is 5.10 Å². The monoisotopic (exact) mass is 446 g/mol. The molecule has 0 saturated carbocycles. The third kappa shape index (κ3) is 3.33. The maximum absolute atomic E-state index is 13.9. The molecule has 1 saturated heterocycles. The number of aryl methyl sites for hydroxylation is 2. The lowest BCUT2D eigenvalue weighted by Gasteiger charge is -2.21. The molecule has 1 N–H and O–H groups in total. The van der Waals surface area contributed by atoms with Gasteiger partial charge in [0, 0.05) is 11.6 Å². The van der Waals surface area contributed by atoms with E-state index in [1.165, 1.54) is 12.1 Å². The molecule has 8 nitrogen and oxygen atoms in total. The molecule has 10 heteroatoms. The zero-order chi connectivity index (χ0) is 21.9. The fourth-order valence-electron chi connectivity index (χ4n) is 4.00. The Labute approximate surface area is 182 Å². The lowest BCUT2D eigenvalue weighted by molar-refractivity contribution is 0.0665. The number of halogens is 2. The number of fused-ring (bicyclic) bond motifs is 3. The average Bonchev–Trinajstić information content (AvgIpc) is 3.42. The fourth-order valence-corrected chi connectivity index (χ4v) is 4.12. The number of rotatable bonds is 3. The fraction of sp³-hybridized carbons (Fsp3) is 0.381. The van der Waals surface area contributed by atoms with Gasteiger partial charge in [-0.05, 0) is 26.0 Å². The lowest BCUT2D eigenvalue weighted by atomic mass is 10.1. The predicted molar refractivity (Wildman–Crippen MR) is 109 cm³/mol. The van der Waals surface area contributed by atoms with E-state index in [4.69, 9.17) is 21.1 Å². The van der Waals surface area contributed by atoms with Gasteiger partial charge in [0.05, 0.1) is 54.0 Å². The molecule has 162 valence electrons. The minimum absolute atomic E-state index is 0.0786. The summed E-state index contributed by atoms with van der Waals surface area (Å²) in [5, 5.41) is 15.1. The third-order valence-electron chi connectivity index (χ3n) is 5.70. The Kier molecular flexibility index (Phi) is 4.84. The van der Waals surface area contributed by atoms with Crippen LogP contribution in [0.2, 0.25) is 5.02 Å². The van der Waals surface area contributed by atoms with Gasteiger partial charge < -0.3 is 19.5 Å². The molecule has 2 aromatic heterocycles. The highest BCUT2D eigenvalue weighted by molar-refractivity contribution is 6.31. The molecule has 5 rings (SSSR count). The maximum Gasteiger partial charge on any atom is 0.258 e. The van der Waals surface area contributed by atoms with Crippen molar-refractivity contribution in [2.75, 3.05) is 13.2 Å². The molecular formula is C21H20ClFN4O4. The molecule has 2 aliphatic heterocycles. The van der Waals surface area contributed by atoms with Gasteiger partial charge in [-0.25, -0.2) is 13.9 Å². The molecule has 0 bridgehead atoms. The van der Waals surface area contributed by atoms with Crippen molar-refractivity contribution in [3.05, 3.63) is 57.2 Å². The molecule has 31 heavy (non-hydrogen) atoms. The highest BCUT2D eigenvalue weighted by atomic mass is 35.5. The Balaban J connectivity index is 1.44. The Hall–Kier alpha value is -2.75. The van der Waals surface area contributed by atoms with Crippen molar-refractivity contribution in [1.82, 2.24) is 19.5 Å². The van der Waals surface area contributed by atoms with Crippen LogP contribution in [-0.4, -0.2) is 55.9 Å². The van der Waals surface area contributed by atoms with Crippen LogP contribution in [0.1, 0.15) is 33.0 Å². The van der Waals surface area contributed by atoms with Crippen molar-refractivity contribution < 1.29 is 23.8 Å². The van der Waals surface area contributed by atoms with Crippen LogP contribution in [0, 0.1) is 19.7 Å². The van der Waals surface area contributed by atoms with E-state index in [0.717, 1.165) is 23.0 Å². The van der Waals surface area contributed by atoms with E-state index in [0.29, 0.717) is 29.5 Å². The van der Waals surface area contributed by atoms with Crippen molar-refractivity contribution in [2.45, 2.75) is 39.1 Å². The molecule has 2 aliphatic rings. The van der Waals surface area contributed by atoms with Crippen molar-refractivity contribution in [2.24, 2.45) is 0 Å². The van der Waals surface area contributed by atoms with Gasteiger partial charge in [-0.3, -0.25) is 4.79 Å². The van der Waals surface area contributed by atoms with Crippen molar-refractivity contribution >= 4 is 23.2 Å². The summed E-state index contributed by atoms with van der Waals surface area (Å²) in [4.78, 5) is 19.4. The number of aliphatic hydroxyl groups is 1. The van der Waals surface area contributed by atoms with Gasteiger partial charge in [0.1, 0.15) is 23.8 Å².